The summed E-state index contributed by atoms with van der Waals surface area (Å²) in [7, 11) is -3.95. The third-order valence-electron chi connectivity index (χ3n) is 2.66. The van der Waals surface area contributed by atoms with Crippen LogP contribution in [-0.4, -0.2) is 8.42 Å². The lowest BCUT2D eigenvalue weighted by molar-refractivity contribution is 0.557. The van der Waals surface area contributed by atoms with Gasteiger partial charge in [0, 0.05) is 16.7 Å². The number of nitrogens with one attached hydrogen (secondary N) is 1. The molecular formula is C13H12BrFN2O2S. The summed E-state index contributed by atoms with van der Waals surface area (Å²) in [5, 5.41) is 0. The smallest absolute Gasteiger partial charge is 0.243 e. The highest BCUT2D eigenvalue weighted by Gasteiger charge is 2.19. The van der Waals surface area contributed by atoms with E-state index in [2.05, 4.69) is 20.7 Å². The first-order valence-electron chi connectivity index (χ1n) is 5.68. The van der Waals surface area contributed by atoms with Gasteiger partial charge in [-0.2, -0.15) is 0 Å². The van der Waals surface area contributed by atoms with Gasteiger partial charge in [0.15, 0.2) is 0 Å². The average molecular weight is 359 g/mol. The summed E-state index contributed by atoms with van der Waals surface area (Å²) in [6.45, 7) is 0.0536. The molecule has 0 aliphatic heterocycles. The fraction of sp³-hybridized carbons (Fsp3) is 0.0769. The van der Waals surface area contributed by atoms with Crippen LogP contribution in [0.3, 0.4) is 0 Å². The Morgan fingerprint density at radius 3 is 2.60 bits per heavy atom. The van der Waals surface area contributed by atoms with Gasteiger partial charge in [0.1, 0.15) is 10.7 Å². The standard InChI is InChI=1S/C13H12BrFN2O2S/c14-11-4-2-1-3-9(11)8-17-20(18,19)13-7-10(16)5-6-12(13)15/h1-7,17H,8,16H2. The third-order valence-corrected chi connectivity index (χ3v) is 4.85. The highest BCUT2D eigenvalue weighted by atomic mass is 79.9. The molecule has 2 aromatic rings. The summed E-state index contributed by atoms with van der Waals surface area (Å²) in [6, 6.07) is 10.6. The van der Waals surface area contributed by atoms with Gasteiger partial charge in [-0.05, 0) is 29.8 Å². The molecule has 0 saturated carbocycles. The number of hydrogen-bond acceptors (Lipinski definition) is 3. The first-order valence-corrected chi connectivity index (χ1v) is 7.96. The SMILES string of the molecule is Nc1ccc(F)c(S(=O)(=O)NCc2ccccc2Br)c1. The lowest BCUT2D eigenvalue weighted by Gasteiger charge is -2.09. The molecule has 4 nitrogen and oxygen atoms in total. The summed E-state index contributed by atoms with van der Waals surface area (Å²) < 4.78 is 40.8. The molecule has 3 N–H and O–H groups in total. The predicted molar refractivity (Wildman–Crippen MR) is 79.0 cm³/mol. The molecule has 0 amide bonds. The number of sulfonamides is 1. The minimum absolute atomic E-state index is 0.0536. The molecule has 2 aromatic carbocycles. The van der Waals surface area contributed by atoms with Crippen molar-refractivity contribution >= 4 is 31.6 Å². The van der Waals surface area contributed by atoms with Crippen LogP contribution in [0, 0.1) is 5.82 Å². The van der Waals surface area contributed by atoms with Crippen molar-refractivity contribution in [2.24, 2.45) is 0 Å². The van der Waals surface area contributed by atoms with Gasteiger partial charge in [-0.15, -0.1) is 0 Å². The van der Waals surface area contributed by atoms with E-state index in [0.29, 0.717) is 0 Å². The minimum Gasteiger partial charge on any atom is -0.399 e. The van der Waals surface area contributed by atoms with Crippen molar-refractivity contribution in [1.29, 1.82) is 0 Å². The van der Waals surface area contributed by atoms with Crippen molar-refractivity contribution in [3.63, 3.8) is 0 Å². The monoisotopic (exact) mass is 358 g/mol. The number of nitrogen functional groups attached to an aromatic ring is 1. The molecule has 0 aliphatic rings. The van der Waals surface area contributed by atoms with E-state index in [1.165, 1.54) is 6.07 Å². The van der Waals surface area contributed by atoms with Crippen molar-refractivity contribution in [2.45, 2.75) is 11.4 Å². The van der Waals surface area contributed by atoms with E-state index in [4.69, 9.17) is 5.73 Å². The van der Waals surface area contributed by atoms with Crippen LogP contribution in [0.4, 0.5) is 10.1 Å². The Kier molecular flexibility index (Phi) is 4.42. The molecule has 106 valence electrons. The number of hydrogen-bond donors (Lipinski definition) is 2. The molecule has 0 saturated heterocycles. The van der Waals surface area contributed by atoms with Gasteiger partial charge < -0.3 is 5.73 Å². The molecule has 0 aromatic heterocycles. The van der Waals surface area contributed by atoms with Crippen molar-refractivity contribution in [2.75, 3.05) is 5.73 Å². The fourth-order valence-electron chi connectivity index (χ4n) is 1.62. The number of rotatable bonds is 4. The molecule has 0 heterocycles. The third kappa shape index (κ3) is 3.36. The molecule has 7 heteroatoms. The molecule has 0 atom stereocenters. The summed E-state index contributed by atoms with van der Waals surface area (Å²) in [5.74, 6) is -0.834. The van der Waals surface area contributed by atoms with Crippen molar-refractivity contribution in [3.8, 4) is 0 Å². The van der Waals surface area contributed by atoms with E-state index in [0.717, 1.165) is 22.2 Å². The molecule has 0 bridgehead atoms. The number of benzene rings is 2. The second-order valence-electron chi connectivity index (χ2n) is 4.11. The predicted octanol–water partition coefficient (Wildman–Crippen LogP) is 2.65. The second kappa shape index (κ2) is 5.90. The lowest BCUT2D eigenvalue weighted by atomic mass is 10.2. The van der Waals surface area contributed by atoms with Crippen LogP contribution in [-0.2, 0) is 16.6 Å². The zero-order valence-corrected chi connectivity index (χ0v) is 12.7. The van der Waals surface area contributed by atoms with Crippen LogP contribution >= 0.6 is 15.9 Å². The maximum atomic E-state index is 13.6. The highest BCUT2D eigenvalue weighted by Crippen LogP contribution is 2.19. The topological polar surface area (TPSA) is 72.2 Å². The van der Waals surface area contributed by atoms with Gasteiger partial charge in [0.25, 0.3) is 0 Å². The van der Waals surface area contributed by atoms with Crippen molar-refractivity contribution in [1.82, 2.24) is 4.72 Å². The van der Waals surface area contributed by atoms with Crippen LogP contribution in [0.2, 0.25) is 0 Å². The van der Waals surface area contributed by atoms with Gasteiger partial charge in [-0.3, -0.25) is 0 Å². The van der Waals surface area contributed by atoms with E-state index in [1.807, 2.05) is 6.07 Å². The van der Waals surface area contributed by atoms with Crippen LogP contribution < -0.4 is 10.5 Å². The molecule has 0 unspecified atom stereocenters. The normalized spacial score (nSPS) is 11.5. The largest absolute Gasteiger partial charge is 0.399 e. The van der Waals surface area contributed by atoms with Crippen molar-refractivity contribution < 1.29 is 12.8 Å². The molecular weight excluding hydrogens is 347 g/mol. The number of nitrogens with two attached hydrogens (primary N) is 1. The molecule has 0 spiro atoms. The summed E-state index contributed by atoms with van der Waals surface area (Å²) >= 11 is 3.32. The molecule has 20 heavy (non-hydrogen) atoms. The number of halogens is 2. The van der Waals surface area contributed by atoms with Gasteiger partial charge in [0.05, 0.1) is 0 Å². The first kappa shape index (κ1) is 15.0. The maximum absolute atomic E-state index is 13.6. The first-order chi connectivity index (χ1) is 9.40. The summed E-state index contributed by atoms with van der Waals surface area (Å²) in [5.41, 5.74) is 6.43. The van der Waals surface area contributed by atoms with Gasteiger partial charge in [-0.1, -0.05) is 34.1 Å². The Hall–Kier alpha value is -1.44. The summed E-state index contributed by atoms with van der Waals surface area (Å²) in [6.07, 6.45) is 0. The second-order valence-corrected chi connectivity index (χ2v) is 6.70. The highest BCUT2D eigenvalue weighted by molar-refractivity contribution is 9.10. The van der Waals surface area contributed by atoms with Crippen LogP contribution in [0.5, 0.6) is 0 Å². The zero-order chi connectivity index (χ0) is 14.8. The van der Waals surface area contributed by atoms with Gasteiger partial charge in [0.2, 0.25) is 10.0 Å². The van der Waals surface area contributed by atoms with E-state index < -0.39 is 20.7 Å². The van der Waals surface area contributed by atoms with Crippen LogP contribution in [0.1, 0.15) is 5.56 Å². The molecule has 2 rings (SSSR count). The maximum Gasteiger partial charge on any atom is 0.243 e. The fourth-order valence-corrected chi connectivity index (χ4v) is 3.16. The molecule has 0 radical (unpaired) electrons. The van der Waals surface area contributed by atoms with Crippen LogP contribution in [0.15, 0.2) is 51.8 Å². The average Bonchev–Trinajstić information content (AvgIpc) is 2.40. The lowest BCUT2D eigenvalue weighted by Crippen LogP contribution is -2.24. The number of anilines is 1. The van der Waals surface area contributed by atoms with Crippen molar-refractivity contribution in [3.05, 3.63) is 58.3 Å². The van der Waals surface area contributed by atoms with Gasteiger partial charge in [-0.25, -0.2) is 17.5 Å². The van der Waals surface area contributed by atoms with Crippen LogP contribution in [0.25, 0.3) is 0 Å². The van der Waals surface area contributed by atoms with E-state index in [9.17, 15) is 12.8 Å². The Labute approximate surface area is 125 Å². The molecule has 0 fully saturated rings. The quantitative estimate of drug-likeness (QED) is 0.825. The Balaban J connectivity index is 2.24. The van der Waals surface area contributed by atoms with Gasteiger partial charge >= 0.3 is 0 Å². The Morgan fingerprint density at radius 1 is 1.20 bits per heavy atom. The minimum atomic E-state index is -3.95. The summed E-state index contributed by atoms with van der Waals surface area (Å²) in [4.78, 5) is -0.454. The molecule has 0 aliphatic carbocycles. The van der Waals surface area contributed by atoms with E-state index >= 15 is 0 Å². The Bertz CT molecular complexity index is 735. The van der Waals surface area contributed by atoms with E-state index in [1.54, 1.807) is 18.2 Å². The van der Waals surface area contributed by atoms with E-state index in [-0.39, 0.29) is 12.2 Å². The Morgan fingerprint density at radius 2 is 1.90 bits per heavy atom. The zero-order valence-electron chi connectivity index (χ0n) is 10.3.